The lowest BCUT2D eigenvalue weighted by atomic mass is 9.74. The summed E-state index contributed by atoms with van der Waals surface area (Å²) < 4.78 is 5.62. The second-order valence-electron chi connectivity index (χ2n) is 7.79. The molecule has 3 rings (SSSR count). The summed E-state index contributed by atoms with van der Waals surface area (Å²) in [6.45, 7) is 2.94. The lowest BCUT2D eigenvalue weighted by Gasteiger charge is -2.38. The lowest BCUT2D eigenvalue weighted by molar-refractivity contribution is 0.0514. The Morgan fingerprint density at radius 3 is 2.56 bits per heavy atom. The van der Waals surface area contributed by atoms with E-state index < -0.39 is 0 Å². The van der Waals surface area contributed by atoms with Crippen LogP contribution >= 0.6 is 35.6 Å². The van der Waals surface area contributed by atoms with Gasteiger partial charge in [0.2, 0.25) is 0 Å². The van der Waals surface area contributed by atoms with Gasteiger partial charge in [-0.15, -0.1) is 24.0 Å². The fourth-order valence-electron chi connectivity index (χ4n) is 3.96. The van der Waals surface area contributed by atoms with E-state index in [-0.39, 0.29) is 35.3 Å². The quantitative estimate of drug-likeness (QED) is 0.269. The predicted molar refractivity (Wildman–Crippen MR) is 141 cm³/mol. The normalized spacial score (nSPS) is 15.4. The Labute approximate surface area is 212 Å². The zero-order chi connectivity index (χ0) is 22.1. The Kier molecular flexibility index (Phi) is 10.7. The number of halogens is 2. The van der Waals surface area contributed by atoms with E-state index in [1.165, 1.54) is 5.56 Å². The summed E-state index contributed by atoms with van der Waals surface area (Å²) in [5, 5.41) is 10.3. The van der Waals surface area contributed by atoms with Crippen LogP contribution in [0.2, 0.25) is 5.02 Å². The predicted octanol–water partition coefficient (Wildman–Crippen LogP) is 3.77. The molecule has 1 heterocycles. The van der Waals surface area contributed by atoms with Crippen molar-refractivity contribution in [3.05, 3.63) is 70.2 Å². The van der Waals surface area contributed by atoms with E-state index in [0.29, 0.717) is 12.1 Å². The summed E-state index contributed by atoms with van der Waals surface area (Å²) in [6.07, 6.45) is 2.66. The third-order valence-electron chi connectivity index (χ3n) is 5.83. The van der Waals surface area contributed by atoms with E-state index in [4.69, 9.17) is 16.3 Å². The van der Waals surface area contributed by atoms with Crippen LogP contribution < -0.4 is 16.0 Å². The van der Waals surface area contributed by atoms with Gasteiger partial charge in [0.15, 0.2) is 5.96 Å². The number of amides is 1. The van der Waals surface area contributed by atoms with Crippen molar-refractivity contribution in [1.82, 2.24) is 16.0 Å². The molecule has 0 atom stereocenters. The smallest absolute Gasteiger partial charge is 0.251 e. The number of aliphatic imine (C=N–C) groups is 1. The standard InChI is InChI=1S/C24H31ClN4O2.HI/c1-26-22(30)19-6-3-5-18(15-19)9-12-28-23(27-2)29-17-24(10-13-31-14-11-24)20-7-4-8-21(25)16-20;/h3-8,15-16H,9-14,17H2,1-2H3,(H,26,30)(H2,27,28,29);1H. The monoisotopic (exact) mass is 570 g/mol. The molecule has 0 radical (unpaired) electrons. The van der Waals surface area contributed by atoms with Gasteiger partial charge in [-0.1, -0.05) is 35.9 Å². The maximum absolute atomic E-state index is 11.8. The molecule has 1 aliphatic heterocycles. The molecule has 0 unspecified atom stereocenters. The number of rotatable bonds is 7. The minimum atomic E-state index is -0.0740. The second kappa shape index (κ2) is 13.0. The fourth-order valence-corrected chi connectivity index (χ4v) is 4.15. The molecule has 0 aliphatic carbocycles. The molecule has 1 aliphatic rings. The highest BCUT2D eigenvalue weighted by Gasteiger charge is 2.34. The van der Waals surface area contributed by atoms with E-state index >= 15 is 0 Å². The van der Waals surface area contributed by atoms with Crippen molar-refractivity contribution < 1.29 is 9.53 Å². The van der Waals surface area contributed by atoms with Gasteiger partial charge < -0.3 is 20.7 Å². The first kappa shape index (κ1) is 26.4. The molecule has 0 bridgehead atoms. The van der Waals surface area contributed by atoms with Gasteiger partial charge in [-0.3, -0.25) is 9.79 Å². The number of nitrogens with one attached hydrogen (secondary N) is 3. The van der Waals surface area contributed by atoms with E-state index in [9.17, 15) is 4.79 Å². The van der Waals surface area contributed by atoms with Gasteiger partial charge in [-0.25, -0.2) is 0 Å². The number of ether oxygens (including phenoxy) is 1. The van der Waals surface area contributed by atoms with E-state index in [1.807, 2.05) is 36.4 Å². The summed E-state index contributed by atoms with van der Waals surface area (Å²) in [6, 6.07) is 15.8. The summed E-state index contributed by atoms with van der Waals surface area (Å²) >= 11 is 6.27. The van der Waals surface area contributed by atoms with Crippen molar-refractivity contribution in [2.45, 2.75) is 24.7 Å². The molecule has 2 aromatic rings. The molecule has 8 heteroatoms. The van der Waals surface area contributed by atoms with Gasteiger partial charge in [-0.2, -0.15) is 0 Å². The summed E-state index contributed by atoms with van der Waals surface area (Å²) in [5.41, 5.74) is 2.97. The van der Waals surface area contributed by atoms with Gasteiger partial charge in [0.05, 0.1) is 0 Å². The largest absolute Gasteiger partial charge is 0.381 e. The topological polar surface area (TPSA) is 74.8 Å². The molecule has 1 fully saturated rings. The number of nitrogens with zero attached hydrogens (tertiary/aromatic N) is 1. The molecule has 3 N–H and O–H groups in total. The Morgan fingerprint density at radius 2 is 1.88 bits per heavy atom. The minimum Gasteiger partial charge on any atom is -0.381 e. The van der Waals surface area contributed by atoms with Gasteiger partial charge >= 0.3 is 0 Å². The maximum Gasteiger partial charge on any atom is 0.251 e. The second-order valence-corrected chi connectivity index (χ2v) is 8.22. The zero-order valence-corrected chi connectivity index (χ0v) is 21.7. The molecule has 0 spiro atoms. The van der Waals surface area contributed by atoms with Crippen molar-refractivity contribution in [3.63, 3.8) is 0 Å². The van der Waals surface area contributed by atoms with E-state index in [0.717, 1.165) is 55.6 Å². The minimum absolute atomic E-state index is 0. The van der Waals surface area contributed by atoms with Crippen LogP contribution in [0, 0.1) is 0 Å². The maximum atomic E-state index is 11.8. The first-order chi connectivity index (χ1) is 15.1. The average molecular weight is 571 g/mol. The molecule has 0 saturated carbocycles. The lowest BCUT2D eigenvalue weighted by Crippen LogP contribution is -2.48. The van der Waals surface area contributed by atoms with E-state index in [2.05, 4.69) is 33.1 Å². The first-order valence-corrected chi connectivity index (χ1v) is 11.0. The number of benzene rings is 2. The van der Waals surface area contributed by atoms with Crippen LogP contribution in [0.4, 0.5) is 0 Å². The molecule has 0 aromatic heterocycles. The highest BCUT2D eigenvalue weighted by atomic mass is 127. The Morgan fingerprint density at radius 1 is 1.12 bits per heavy atom. The van der Waals surface area contributed by atoms with Crippen molar-refractivity contribution >= 4 is 47.4 Å². The number of carbonyl (C=O) groups is 1. The summed E-state index contributed by atoms with van der Waals surface area (Å²) in [4.78, 5) is 16.2. The third-order valence-corrected chi connectivity index (χ3v) is 6.06. The number of carbonyl (C=O) groups excluding carboxylic acids is 1. The van der Waals surface area contributed by atoms with Crippen LogP contribution in [-0.4, -0.2) is 52.3 Å². The van der Waals surface area contributed by atoms with Crippen molar-refractivity contribution in [2.24, 2.45) is 4.99 Å². The molecule has 1 saturated heterocycles. The molecular formula is C24H32ClIN4O2. The Hall–Kier alpha value is -1.84. The van der Waals surface area contributed by atoms with Gasteiger partial charge in [-0.05, 0) is 54.7 Å². The number of guanidine groups is 1. The molecule has 32 heavy (non-hydrogen) atoms. The van der Waals surface area contributed by atoms with Gasteiger partial charge in [0, 0.05) is 56.4 Å². The number of hydrogen-bond donors (Lipinski definition) is 3. The zero-order valence-electron chi connectivity index (χ0n) is 18.6. The Bertz CT molecular complexity index is 916. The third kappa shape index (κ3) is 7.08. The molecular weight excluding hydrogens is 539 g/mol. The van der Waals surface area contributed by atoms with Crippen LogP contribution in [0.3, 0.4) is 0 Å². The first-order valence-electron chi connectivity index (χ1n) is 10.7. The van der Waals surface area contributed by atoms with Crippen molar-refractivity contribution in [3.8, 4) is 0 Å². The molecule has 2 aromatic carbocycles. The summed E-state index contributed by atoms with van der Waals surface area (Å²) in [7, 11) is 3.42. The van der Waals surface area contributed by atoms with E-state index in [1.54, 1.807) is 14.1 Å². The van der Waals surface area contributed by atoms with Crippen molar-refractivity contribution in [1.29, 1.82) is 0 Å². The van der Waals surface area contributed by atoms with Crippen LogP contribution in [0.1, 0.15) is 34.3 Å². The average Bonchev–Trinajstić information content (AvgIpc) is 2.81. The van der Waals surface area contributed by atoms with Crippen LogP contribution in [0.5, 0.6) is 0 Å². The van der Waals surface area contributed by atoms with Crippen molar-refractivity contribution in [2.75, 3.05) is 40.4 Å². The highest BCUT2D eigenvalue weighted by Crippen LogP contribution is 2.35. The Balaban J connectivity index is 0.00000363. The molecule has 1 amide bonds. The number of hydrogen-bond acceptors (Lipinski definition) is 3. The van der Waals surface area contributed by atoms with Gasteiger partial charge in [0.1, 0.15) is 0 Å². The fraction of sp³-hybridized carbons (Fsp3) is 0.417. The highest BCUT2D eigenvalue weighted by molar-refractivity contribution is 14.0. The van der Waals surface area contributed by atoms with Crippen LogP contribution in [0.15, 0.2) is 53.5 Å². The van der Waals surface area contributed by atoms with Gasteiger partial charge in [0.25, 0.3) is 5.91 Å². The molecule has 174 valence electrons. The SMILES string of the molecule is CN=C(NCCc1cccc(C(=O)NC)c1)NCC1(c2cccc(Cl)c2)CCOCC1.I. The summed E-state index contributed by atoms with van der Waals surface area (Å²) in [5.74, 6) is 0.686. The van der Waals surface area contributed by atoms with Crippen LogP contribution in [-0.2, 0) is 16.6 Å². The van der Waals surface area contributed by atoms with Crippen LogP contribution in [0.25, 0.3) is 0 Å². The molecule has 6 nitrogen and oxygen atoms in total.